The molecule has 2 aromatic rings. The summed E-state index contributed by atoms with van der Waals surface area (Å²) < 4.78 is 2.79. The third-order valence-electron chi connectivity index (χ3n) is 2.17. The lowest BCUT2D eigenvalue weighted by molar-refractivity contribution is 0.647. The molecule has 0 amide bonds. The maximum Gasteiger partial charge on any atom is 0.156 e. The van der Waals surface area contributed by atoms with Crippen molar-refractivity contribution in [1.29, 1.82) is 0 Å². The Labute approximate surface area is 96.6 Å². The van der Waals surface area contributed by atoms with E-state index in [1.807, 2.05) is 25.3 Å². The van der Waals surface area contributed by atoms with Crippen molar-refractivity contribution in [2.75, 3.05) is 0 Å². The first kappa shape index (κ1) is 10.6. The molecule has 2 rings (SSSR count). The fourth-order valence-electron chi connectivity index (χ4n) is 1.37. The van der Waals surface area contributed by atoms with E-state index in [1.165, 1.54) is 0 Å². The van der Waals surface area contributed by atoms with Gasteiger partial charge in [-0.05, 0) is 25.5 Å². The molecule has 0 saturated heterocycles. The number of hydrogen-bond acceptors (Lipinski definition) is 3. The summed E-state index contributed by atoms with van der Waals surface area (Å²) in [4.78, 5) is 4.41. The number of hydrogen-bond donors (Lipinski definition) is 1. The summed E-state index contributed by atoms with van der Waals surface area (Å²) in [6, 6.07) is 4.09. The van der Waals surface area contributed by atoms with Crippen LogP contribution >= 0.6 is 15.9 Å². The lowest BCUT2D eigenvalue weighted by Gasteiger charge is -1.99. The first-order valence-electron chi connectivity index (χ1n) is 4.91. The highest BCUT2D eigenvalue weighted by atomic mass is 79.9. The number of rotatable bonds is 3. The van der Waals surface area contributed by atoms with Gasteiger partial charge in [0.25, 0.3) is 0 Å². The Kier molecular flexibility index (Phi) is 3.02. The molecule has 0 aliphatic rings. The molecule has 0 saturated carbocycles. The maximum absolute atomic E-state index is 5.69. The molecule has 0 spiro atoms. The van der Waals surface area contributed by atoms with Gasteiger partial charge in [-0.1, -0.05) is 15.9 Å². The number of aromatic nitrogens is 3. The van der Waals surface area contributed by atoms with E-state index in [0.29, 0.717) is 0 Å². The number of fused-ring (bicyclic) bond motifs is 1. The Bertz CT molecular complexity index is 463. The van der Waals surface area contributed by atoms with E-state index in [9.17, 15) is 0 Å². The van der Waals surface area contributed by atoms with Crippen LogP contribution in [0.4, 0.5) is 0 Å². The molecule has 0 aliphatic heterocycles. The normalized spacial score (nSPS) is 13.3. The standard InChI is InChI=1S/C10H13BrN4/c1-7(12)2-3-9-13-10-6-8(11)4-5-15(10)14-9/h4-7H,2-3,12H2,1H3. The summed E-state index contributed by atoms with van der Waals surface area (Å²) in [6.45, 7) is 1.99. The quantitative estimate of drug-likeness (QED) is 0.923. The van der Waals surface area contributed by atoms with Gasteiger partial charge in [-0.3, -0.25) is 0 Å². The molecule has 0 aliphatic carbocycles. The zero-order chi connectivity index (χ0) is 10.8. The number of pyridine rings is 1. The van der Waals surface area contributed by atoms with Crippen LogP contribution in [0.3, 0.4) is 0 Å². The third kappa shape index (κ3) is 2.54. The average molecular weight is 269 g/mol. The number of nitrogens with two attached hydrogens (primary N) is 1. The molecule has 0 aromatic carbocycles. The monoisotopic (exact) mass is 268 g/mol. The fourth-order valence-corrected chi connectivity index (χ4v) is 1.69. The SMILES string of the molecule is CC(N)CCc1nc2cc(Br)ccn2n1. The summed E-state index contributed by atoms with van der Waals surface area (Å²) in [5.41, 5.74) is 6.55. The molecule has 0 radical (unpaired) electrons. The second-order valence-electron chi connectivity index (χ2n) is 3.69. The van der Waals surface area contributed by atoms with E-state index < -0.39 is 0 Å². The van der Waals surface area contributed by atoms with Gasteiger partial charge in [0, 0.05) is 23.1 Å². The van der Waals surface area contributed by atoms with Crippen LogP contribution < -0.4 is 5.73 Å². The van der Waals surface area contributed by atoms with Crippen molar-refractivity contribution >= 4 is 21.6 Å². The van der Waals surface area contributed by atoms with Crippen molar-refractivity contribution in [1.82, 2.24) is 14.6 Å². The van der Waals surface area contributed by atoms with Crippen LogP contribution in [0.15, 0.2) is 22.8 Å². The van der Waals surface area contributed by atoms with Gasteiger partial charge in [0.05, 0.1) is 0 Å². The predicted molar refractivity (Wildman–Crippen MR) is 62.7 cm³/mol. The van der Waals surface area contributed by atoms with Crippen molar-refractivity contribution < 1.29 is 0 Å². The minimum absolute atomic E-state index is 0.198. The smallest absolute Gasteiger partial charge is 0.156 e. The van der Waals surface area contributed by atoms with E-state index in [0.717, 1.165) is 28.8 Å². The molecule has 1 unspecified atom stereocenters. The van der Waals surface area contributed by atoms with Crippen LogP contribution in [0, 0.1) is 0 Å². The molecule has 2 heterocycles. The molecule has 80 valence electrons. The Morgan fingerprint density at radius 2 is 2.40 bits per heavy atom. The van der Waals surface area contributed by atoms with Crippen molar-refractivity contribution in [3.8, 4) is 0 Å². The molecule has 5 heteroatoms. The zero-order valence-electron chi connectivity index (χ0n) is 8.52. The molecule has 1 atom stereocenters. The van der Waals surface area contributed by atoms with Crippen molar-refractivity contribution in [3.05, 3.63) is 28.6 Å². The van der Waals surface area contributed by atoms with Gasteiger partial charge in [0.1, 0.15) is 0 Å². The Morgan fingerprint density at radius 3 is 3.13 bits per heavy atom. The first-order chi connectivity index (χ1) is 7.15. The van der Waals surface area contributed by atoms with Crippen molar-refractivity contribution in [2.45, 2.75) is 25.8 Å². The maximum atomic E-state index is 5.69. The lowest BCUT2D eigenvalue weighted by Crippen LogP contribution is -2.15. The van der Waals surface area contributed by atoms with Gasteiger partial charge in [0.2, 0.25) is 0 Å². The number of halogens is 1. The van der Waals surface area contributed by atoms with E-state index >= 15 is 0 Å². The Morgan fingerprint density at radius 1 is 1.60 bits per heavy atom. The van der Waals surface area contributed by atoms with E-state index in [4.69, 9.17) is 5.73 Å². The van der Waals surface area contributed by atoms with Crippen molar-refractivity contribution in [2.24, 2.45) is 5.73 Å². The summed E-state index contributed by atoms with van der Waals surface area (Å²) in [6.07, 6.45) is 3.64. The van der Waals surface area contributed by atoms with Crippen LogP contribution in [0.1, 0.15) is 19.2 Å². The van der Waals surface area contributed by atoms with E-state index in [-0.39, 0.29) is 6.04 Å². The zero-order valence-corrected chi connectivity index (χ0v) is 10.1. The molecule has 0 fully saturated rings. The van der Waals surface area contributed by atoms with Gasteiger partial charge < -0.3 is 5.73 Å². The molecular formula is C10H13BrN4. The van der Waals surface area contributed by atoms with Gasteiger partial charge in [-0.2, -0.15) is 5.10 Å². The van der Waals surface area contributed by atoms with Crippen LogP contribution in [0.2, 0.25) is 0 Å². The highest BCUT2D eigenvalue weighted by Crippen LogP contribution is 2.12. The summed E-state index contributed by atoms with van der Waals surface area (Å²) in [5, 5.41) is 4.35. The average Bonchev–Trinajstić information content (AvgIpc) is 2.56. The fraction of sp³-hybridized carbons (Fsp3) is 0.400. The Balaban J connectivity index is 2.23. The van der Waals surface area contributed by atoms with Crippen LogP contribution in [-0.4, -0.2) is 20.6 Å². The summed E-state index contributed by atoms with van der Waals surface area (Å²) in [5.74, 6) is 0.852. The largest absolute Gasteiger partial charge is 0.328 e. The Hall–Kier alpha value is -0.940. The van der Waals surface area contributed by atoms with E-state index in [1.54, 1.807) is 4.52 Å². The minimum atomic E-state index is 0.198. The van der Waals surface area contributed by atoms with Gasteiger partial charge in [0.15, 0.2) is 11.5 Å². The summed E-state index contributed by atoms with van der Waals surface area (Å²) >= 11 is 3.40. The minimum Gasteiger partial charge on any atom is -0.328 e. The highest BCUT2D eigenvalue weighted by Gasteiger charge is 2.04. The van der Waals surface area contributed by atoms with E-state index in [2.05, 4.69) is 26.0 Å². The van der Waals surface area contributed by atoms with Gasteiger partial charge >= 0.3 is 0 Å². The lowest BCUT2D eigenvalue weighted by atomic mass is 10.2. The predicted octanol–water partition coefficient (Wildman–Crippen LogP) is 1.77. The topological polar surface area (TPSA) is 56.2 Å². The highest BCUT2D eigenvalue weighted by molar-refractivity contribution is 9.10. The molecule has 0 bridgehead atoms. The van der Waals surface area contributed by atoms with Gasteiger partial charge in [-0.15, -0.1) is 0 Å². The molecule has 2 aromatic heterocycles. The van der Waals surface area contributed by atoms with Crippen molar-refractivity contribution in [3.63, 3.8) is 0 Å². The van der Waals surface area contributed by atoms with Gasteiger partial charge in [-0.25, -0.2) is 9.50 Å². The van der Waals surface area contributed by atoms with Crippen LogP contribution in [-0.2, 0) is 6.42 Å². The molecule has 2 N–H and O–H groups in total. The molecular weight excluding hydrogens is 256 g/mol. The molecule has 15 heavy (non-hydrogen) atoms. The molecule has 4 nitrogen and oxygen atoms in total. The van der Waals surface area contributed by atoms with Crippen LogP contribution in [0.25, 0.3) is 5.65 Å². The second kappa shape index (κ2) is 4.28. The second-order valence-corrected chi connectivity index (χ2v) is 4.61. The third-order valence-corrected chi connectivity index (χ3v) is 2.66. The number of aryl methyl sites for hydroxylation is 1. The summed E-state index contributed by atoms with van der Waals surface area (Å²) in [7, 11) is 0. The first-order valence-corrected chi connectivity index (χ1v) is 5.71. The number of nitrogens with zero attached hydrogens (tertiary/aromatic N) is 3. The van der Waals surface area contributed by atoms with Crippen LogP contribution in [0.5, 0.6) is 0 Å².